The summed E-state index contributed by atoms with van der Waals surface area (Å²) in [7, 11) is 0. The Balaban J connectivity index is 0.979. The quantitative estimate of drug-likeness (QED) is 0.194. The summed E-state index contributed by atoms with van der Waals surface area (Å²) >= 11 is 0. The molecule has 0 nitrogen and oxygen atoms in total. The standard InChI is InChI=1S/C46H30/c1-3-7-35-25-37(15-13-31(35)5-1)33-9-11-34(12-10-33)38-17-18-41-28-43(20-19-40(41)27-38)46-24-23-44-29-42(21-22-45(44)30-46)39-16-14-32-6-2-4-8-36(32)26-39/h1-30H. The van der Waals surface area contributed by atoms with Gasteiger partial charge in [0.05, 0.1) is 0 Å². The first kappa shape index (κ1) is 26.4. The molecule has 0 saturated heterocycles. The Kier molecular flexibility index (Phi) is 6.25. The molecule has 0 bridgehead atoms. The van der Waals surface area contributed by atoms with E-state index in [0.717, 1.165) is 0 Å². The fourth-order valence-electron chi connectivity index (χ4n) is 6.80. The number of hydrogen-bond acceptors (Lipinski definition) is 0. The molecule has 0 aliphatic carbocycles. The molecule has 46 heavy (non-hydrogen) atoms. The van der Waals surface area contributed by atoms with Crippen molar-refractivity contribution >= 4 is 43.1 Å². The van der Waals surface area contributed by atoms with Gasteiger partial charge in [-0.2, -0.15) is 0 Å². The smallest absolute Gasteiger partial charge is 0.0177 e. The highest BCUT2D eigenvalue weighted by atomic mass is 14.1. The summed E-state index contributed by atoms with van der Waals surface area (Å²) in [6.07, 6.45) is 0. The van der Waals surface area contributed by atoms with Gasteiger partial charge in [0, 0.05) is 0 Å². The topological polar surface area (TPSA) is 0 Å². The second-order valence-electron chi connectivity index (χ2n) is 12.3. The van der Waals surface area contributed by atoms with Crippen molar-refractivity contribution in [3.05, 3.63) is 182 Å². The third-order valence-corrected chi connectivity index (χ3v) is 9.40. The maximum absolute atomic E-state index is 2.31. The minimum atomic E-state index is 1.23. The lowest BCUT2D eigenvalue weighted by Crippen LogP contribution is -1.84. The predicted octanol–water partition coefficient (Wildman–Crippen LogP) is 13.0. The summed E-state index contributed by atoms with van der Waals surface area (Å²) in [6, 6.07) is 66.7. The first-order valence-corrected chi connectivity index (χ1v) is 15.9. The Bertz CT molecular complexity index is 2570. The van der Waals surface area contributed by atoms with Gasteiger partial charge in [0.2, 0.25) is 0 Å². The highest BCUT2D eigenvalue weighted by Crippen LogP contribution is 2.33. The van der Waals surface area contributed by atoms with Crippen molar-refractivity contribution in [1.29, 1.82) is 0 Å². The molecule has 0 unspecified atom stereocenters. The number of benzene rings is 9. The van der Waals surface area contributed by atoms with Gasteiger partial charge in [0.1, 0.15) is 0 Å². The van der Waals surface area contributed by atoms with Crippen LogP contribution in [-0.2, 0) is 0 Å². The van der Waals surface area contributed by atoms with Crippen LogP contribution in [0, 0.1) is 0 Å². The minimum absolute atomic E-state index is 1.23. The zero-order valence-corrected chi connectivity index (χ0v) is 25.3. The monoisotopic (exact) mass is 582 g/mol. The molecule has 0 saturated carbocycles. The van der Waals surface area contributed by atoms with E-state index in [9.17, 15) is 0 Å². The van der Waals surface area contributed by atoms with E-state index in [4.69, 9.17) is 0 Å². The first-order valence-electron chi connectivity index (χ1n) is 15.9. The van der Waals surface area contributed by atoms with Gasteiger partial charge in [0.25, 0.3) is 0 Å². The second kappa shape index (κ2) is 10.9. The van der Waals surface area contributed by atoms with Gasteiger partial charge in [-0.25, -0.2) is 0 Å². The van der Waals surface area contributed by atoms with Crippen LogP contribution in [0.25, 0.3) is 87.6 Å². The Morgan fingerprint density at radius 1 is 0.152 bits per heavy atom. The van der Waals surface area contributed by atoms with Crippen molar-refractivity contribution in [2.45, 2.75) is 0 Å². The highest BCUT2D eigenvalue weighted by Gasteiger charge is 2.07. The summed E-state index contributed by atoms with van der Waals surface area (Å²) in [5.41, 5.74) is 9.92. The molecule has 0 spiro atoms. The normalized spacial score (nSPS) is 11.5. The van der Waals surface area contributed by atoms with Crippen molar-refractivity contribution in [2.24, 2.45) is 0 Å². The molecule has 0 N–H and O–H groups in total. The molecule has 214 valence electrons. The largest absolute Gasteiger partial charge is 0.0616 e. The number of rotatable bonds is 4. The lowest BCUT2D eigenvalue weighted by molar-refractivity contribution is 1.61. The molecule has 0 heteroatoms. The minimum Gasteiger partial charge on any atom is -0.0616 e. The number of hydrogen-bond donors (Lipinski definition) is 0. The van der Waals surface area contributed by atoms with Crippen molar-refractivity contribution < 1.29 is 0 Å². The van der Waals surface area contributed by atoms with Gasteiger partial charge in [-0.1, -0.05) is 146 Å². The van der Waals surface area contributed by atoms with Crippen LogP contribution in [0.2, 0.25) is 0 Å². The van der Waals surface area contributed by atoms with Gasteiger partial charge in [-0.3, -0.25) is 0 Å². The Hall–Kier alpha value is -5.98. The van der Waals surface area contributed by atoms with Crippen LogP contribution in [-0.4, -0.2) is 0 Å². The van der Waals surface area contributed by atoms with E-state index in [1.54, 1.807) is 0 Å². The zero-order valence-electron chi connectivity index (χ0n) is 25.3. The Morgan fingerprint density at radius 3 is 0.652 bits per heavy atom. The van der Waals surface area contributed by atoms with Crippen LogP contribution in [0.4, 0.5) is 0 Å². The summed E-state index contributed by atoms with van der Waals surface area (Å²) < 4.78 is 0. The average molecular weight is 583 g/mol. The van der Waals surface area contributed by atoms with Crippen LogP contribution < -0.4 is 0 Å². The predicted molar refractivity (Wildman–Crippen MR) is 198 cm³/mol. The molecule has 0 aromatic heterocycles. The van der Waals surface area contributed by atoms with Gasteiger partial charge in [0.15, 0.2) is 0 Å². The van der Waals surface area contributed by atoms with E-state index in [0.29, 0.717) is 0 Å². The maximum atomic E-state index is 2.31. The zero-order chi connectivity index (χ0) is 30.5. The van der Waals surface area contributed by atoms with Crippen LogP contribution in [0.1, 0.15) is 0 Å². The molecule has 0 aliphatic heterocycles. The molecule has 0 aliphatic rings. The average Bonchev–Trinajstić information content (AvgIpc) is 3.13. The van der Waals surface area contributed by atoms with E-state index in [2.05, 4.69) is 182 Å². The molecular formula is C46H30. The second-order valence-corrected chi connectivity index (χ2v) is 12.3. The van der Waals surface area contributed by atoms with E-state index in [1.807, 2.05) is 0 Å². The van der Waals surface area contributed by atoms with Gasteiger partial charge in [-0.15, -0.1) is 0 Å². The third-order valence-electron chi connectivity index (χ3n) is 9.40. The van der Waals surface area contributed by atoms with Gasteiger partial charge in [-0.05, 0) is 124 Å². The molecular weight excluding hydrogens is 553 g/mol. The summed E-state index contributed by atoms with van der Waals surface area (Å²) in [4.78, 5) is 0. The van der Waals surface area contributed by atoms with Crippen molar-refractivity contribution in [3.63, 3.8) is 0 Å². The molecule has 0 fully saturated rings. The SMILES string of the molecule is c1ccc2cc(-c3ccc(-c4ccc5cc(-c6ccc7cc(-c8ccc9ccccc9c8)ccc7c6)ccc5c4)cc3)ccc2c1. The van der Waals surface area contributed by atoms with E-state index >= 15 is 0 Å². The Morgan fingerprint density at radius 2 is 0.348 bits per heavy atom. The molecule has 0 radical (unpaired) electrons. The molecule has 9 rings (SSSR count). The highest BCUT2D eigenvalue weighted by molar-refractivity contribution is 5.95. The van der Waals surface area contributed by atoms with Crippen molar-refractivity contribution in [3.8, 4) is 44.5 Å². The van der Waals surface area contributed by atoms with Crippen molar-refractivity contribution in [2.75, 3.05) is 0 Å². The van der Waals surface area contributed by atoms with Crippen LogP contribution in [0.15, 0.2) is 182 Å². The fourth-order valence-corrected chi connectivity index (χ4v) is 6.80. The van der Waals surface area contributed by atoms with Gasteiger partial charge < -0.3 is 0 Å². The van der Waals surface area contributed by atoms with Crippen molar-refractivity contribution in [1.82, 2.24) is 0 Å². The first-order chi connectivity index (χ1) is 22.7. The Labute approximate surface area is 268 Å². The molecule has 9 aromatic rings. The lowest BCUT2D eigenvalue weighted by Gasteiger charge is -2.10. The number of fused-ring (bicyclic) bond motifs is 4. The van der Waals surface area contributed by atoms with Gasteiger partial charge >= 0.3 is 0 Å². The van der Waals surface area contributed by atoms with E-state index in [-0.39, 0.29) is 0 Å². The molecule has 0 heterocycles. The van der Waals surface area contributed by atoms with Crippen LogP contribution in [0.5, 0.6) is 0 Å². The van der Waals surface area contributed by atoms with Crippen LogP contribution >= 0.6 is 0 Å². The summed E-state index contributed by atoms with van der Waals surface area (Å²) in [5, 5.41) is 10.1. The summed E-state index contributed by atoms with van der Waals surface area (Å²) in [6.45, 7) is 0. The molecule has 9 aromatic carbocycles. The third kappa shape index (κ3) is 4.82. The maximum Gasteiger partial charge on any atom is -0.0177 e. The fraction of sp³-hybridized carbons (Fsp3) is 0. The van der Waals surface area contributed by atoms with E-state index in [1.165, 1.54) is 87.6 Å². The molecule has 0 amide bonds. The summed E-state index contributed by atoms with van der Waals surface area (Å²) in [5.74, 6) is 0. The van der Waals surface area contributed by atoms with Crippen LogP contribution in [0.3, 0.4) is 0 Å². The van der Waals surface area contributed by atoms with E-state index < -0.39 is 0 Å². The molecule has 0 atom stereocenters. The lowest BCUT2D eigenvalue weighted by atomic mass is 9.94.